The van der Waals surface area contributed by atoms with Crippen LogP contribution in [0.4, 0.5) is 5.69 Å². The zero-order chi connectivity index (χ0) is 17.6. The summed E-state index contributed by atoms with van der Waals surface area (Å²) in [5.41, 5.74) is 2.15. The van der Waals surface area contributed by atoms with E-state index in [9.17, 15) is 9.90 Å². The molecule has 2 aromatic carbocycles. The molecule has 1 heterocycles. The van der Waals surface area contributed by atoms with Gasteiger partial charge in [-0.05, 0) is 42.8 Å². The number of aliphatic hydroxyl groups is 1. The monoisotopic (exact) mass is 337 g/mol. The Kier molecular flexibility index (Phi) is 5.11. The summed E-state index contributed by atoms with van der Waals surface area (Å²) < 4.78 is 7.36. The predicted molar refractivity (Wildman–Crippen MR) is 94.6 cm³/mol. The van der Waals surface area contributed by atoms with Crippen LogP contribution < -0.4 is 10.1 Å². The Morgan fingerprint density at radius 2 is 2.08 bits per heavy atom. The SMILES string of the molecule is CC(Oc1cccc(CO)c1)C(=O)Nc1ccccc1-n1cccn1. The number of benzene rings is 2. The molecule has 0 spiro atoms. The van der Waals surface area contributed by atoms with Crippen LogP contribution in [0.15, 0.2) is 67.0 Å². The van der Waals surface area contributed by atoms with Crippen molar-refractivity contribution >= 4 is 11.6 Å². The lowest BCUT2D eigenvalue weighted by Crippen LogP contribution is -2.30. The van der Waals surface area contributed by atoms with Gasteiger partial charge >= 0.3 is 0 Å². The highest BCUT2D eigenvalue weighted by atomic mass is 16.5. The molecule has 0 bridgehead atoms. The van der Waals surface area contributed by atoms with Crippen LogP contribution >= 0.6 is 0 Å². The van der Waals surface area contributed by atoms with Crippen LogP contribution in [0.3, 0.4) is 0 Å². The van der Waals surface area contributed by atoms with Crippen molar-refractivity contribution in [1.29, 1.82) is 0 Å². The number of aromatic nitrogens is 2. The second kappa shape index (κ2) is 7.63. The number of hydrogen-bond acceptors (Lipinski definition) is 4. The zero-order valence-electron chi connectivity index (χ0n) is 13.8. The number of hydrogen-bond donors (Lipinski definition) is 2. The molecule has 1 unspecified atom stereocenters. The lowest BCUT2D eigenvalue weighted by atomic mass is 10.2. The van der Waals surface area contributed by atoms with Gasteiger partial charge in [0.1, 0.15) is 5.75 Å². The molecule has 0 aliphatic rings. The molecule has 0 saturated carbocycles. The van der Waals surface area contributed by atoms with E-state index in [0.717, 1.165) is 11.3 Å². The largest absolute Gasteiger partial charge is 0.481 e. The van der Waals surface area contributed by atoms with Gasteiger partial charge in [0.15, 0.2) is 6.10 Å². The fourth-order valence-corrected chi connectivity index (χ4v) is 2.40. The summed E-state index contributed by atoms with van der Waals surface area (Å²) in [6.45, 7) is 1.60. The molecule has 6 nitrogen and oxygen atoms in total. The van der Waals surface area contributed by atoms with Crippen LogP contribution in [0.2, 0.25) is 0 Å². The number of amides is 1. The van der Waals surface area contributed by atoms with Gasteiger partial charge in [0.25, 0.3) is 5.91 Å². The standard InChI is InChI=1S/C19H19N3O3/c1-14(25-16-7-4-6-15(12-16)13-23)19(24)21-17-8-2-3-9-18(17)22-11-5-10-20-22/h2-12,14,23H,13H2,1H3,(H,21,24). The molecule has 25 heavy (non-hydrogen) atoms. The summed E-state index contributed by atoms with van der Waals surface area (Å²) in [6.07, 6.45) is 2.80. The number of para-hydroxylation sites is 2. The quantitative estimate of drug-likeness (QED) is 0.725. The Morgan fingerprint density at radius 1 is 1.24 bits per heavy atom. The van der Waals surface area contributed by atoms with Gasteiger partial charge in [0.05, 0.1) is 18.0 Å². The molecule has 128 valence electrons. The van der Waals surface area contributed by atoms with Gasteiger partial charge in [-0.1, -0.05) is 24.3 Å². The lowest BCUT2D eigenvalue weighted by molar-refractivity contribution is -0.122. The number of anilines is 1. The highest BCUT2D eigenvalue weighted by molar-refractivity contribution is 5.95. The summed E-state index contributed by atoms with van der Waals surface area (Å²) in [7, 11) is 0. The summed E-state index contributed by atoms with van der Waals surface area (Å²) in [6, 6.07) is 16.3. The Balaban J connectivity index is 1.72. The molecule has 3 rings (SSSR count). The third kappa shape index (κ3) is 4.05. The summed E-state index contributed by atoms with van der Waals surface area (Å²) in [5, 5.41) is 16.2. The van der Waals surface area contributed by atoms with E-state index in [4.69, 9.17) is 4.74 Å². The van der Waals surface area contributed by atoms with Gasteiger partial charge in [-0.2, -0.15) is 5.10 Å². The molecule has 3 aromatic rings. The third-order valence-corrected chi connectivity index (χ3v) is 3.68. The number of rotatable bonds is 6. The smallest absolute Gasteiger partial charge is 0.265 e. The molecule has 2 N–H and O–H groups in total. The lowest BCUT2D eigenvalue weighted by Gasteiger charge is -2.17. The highest BCUT2D eigenvalue weighted by Gasteiger charge is 2.17. The minimum atomic E-state index is -0.695. The number of carbonyl (C=O) groups is 1. The van der Waals surface area contributed by atoms with Gasteiger partial charge in [0.2, 0.25) is 0 Å². The predicted octanol–water partition coefficient (Wildman–Crippen LogP) is 2.77. The van der Waals surface area contributed by atoms with E-state index in [1.54, 1.807) is 42.1 Å². The minimum Gasteiger partial charge on any atom is -0.481 e. The molecule has 0 fully saturated rings. The zero-order valence-corrected chi connectivity index (χ0v) is 13.8. The second-order valence-corrected chi connectivity index (χ2v) is 5.52. The van der Waals surface area contributed by atoms with Gasteiger partial charge < -0.3 is 15.2 Å². The Hall–Kier alpha value is -3.12. The number of nitrogens with one attached hydrogen (secondary N) is 1. The van der Waals surface area contributed by atoms with Crippen molar-refractivity contribution in [3.8, 4) is 11.4 Å². The van der Waals surface area contributed by atoms with Crippen molar-refractivity contribution in [2.24, 2.45) is 0 Å². The van der Waals surface area contributed by atoms with Gasteiger partial charge in [0, 0.05) is 12.4 Å². The van der Waals surface area contributed by atoms with Gasteiger partial charge in [-0.15, -0.1) is 0 Å². The van der Waals surface area contributed by atoms with E-state index in [0.29, 0.717) is 11.4 Å². The molecule has 0 saturated heterocycles. The van der Waals surface area contributed by atoms with Crippen LogP contribution in [0, 0.1) is 0 Å². The Morgan fingerprint density at radius 3 is 2.84 bits per heavy atom. The summed E-state index contributed by atoms with van der Waals surface area (Å²) in [4.78, 5) is 12.5. The van der Waals surface area contributed by atoms with E-state index in [-0.39, 0.29) is 12.5 Å². The van der Waals surface area contributed by atoms with Crippen molar-refractivity contribution in [2.45, 2.75) is 19.6 Å². The Labute approximate surface area is 145 Å². The van der Waals surface area contributed by atoms with Crippen LogP contribution in [0.25, 0.3) is 5.69 Å². The van der Waals surface area contributed by atoms with Crippen molar-refractivity contribution in [3.63, 3.8) is 0 Å². The van der Waals surface area contributed by atoms with Crippen molar-refractivity contribution in [1.82, 2.24) is 9.78 Å². The molecule has 1 atom stereocenters. The molecule has 0 radical (unpaired) electrons. The number of aliphatic hydroxyl groups excluding tert-OH is 1. The molecule has 1 amide bonds. The normalized spacial score (nSPS) is 11.8. The minimum absolute atomic E-state index is 0.0744. The Bertz CT molecular complexity index is 847. The van der Waals surface area contributed by atoms with Crippen molar-refractivity contribution in [3.05, 3.63) is 72.6 Å². The fourth-order valence-electron chi connectivity index (χ4n) is 2.40. The van der Waals surface area contributed by atoms with E-state index in [1.165, 1.54) is 0 Å². The molecule has 0 aliphatic heterocycles. The molecular formula is C19H19N3O3. The first kappa shape index (κ1) is 16.7. The van der Waals surface area contributed by atoms with E-state index >= 15 is 0 Å². The van der Waals surface area contributed by atoms with Gasteiger partial charge in [-0.25, -0.2) is 4.68 Å². The summed E-state index contributed by atoms with van der Waals surface area (Å²) in [5.74, 6) is 0.267. The van der Waals surface area contributed by atoms with Crippen LogP contribution in [-0.4, -0.2) is 26.9 Å². The molecule has 6 heteroatoms. The van der Waals surface area contributed by atoms with E-state index in [2.05, 4.69) is 10.4 Å². The molecular weight excluding hydrogens is 318 g/mol. The average Bonchev–Trinajstić information content (AvgIpc) is 3.16. The van der Waals surface area contributed by atoms with Crippen LogP contribution in [0.5, 0.6) is 5.75 Å². The second-order valence-electron chi connectivity index (χ2n) is 5.52. The fraction of sp³-hybridized carbons (Fsp3) is 0.158. The molecule has 0 aliphatic carbocycles. The van der Waals surface area contributed by atoms with Crippen LogP contribution in [-0.2, 0) is 11.4 Å². The number of carbonyl (C=O) groups excluding carboxylic acids is 1. The maximum Gasteiger partial charge on any atom is 0.265 e. The van der Waals surface area contributed by atoms with Crippen molar-refractivity contribution < 1.29 is 14.6 Å². The first-order chi connectivity index (χ1) is 12.2. The van der Waals surface area contributed by atoms with E-state index in [1.807, 2.05) is 36.5 Å². The van der Waals surface area contributed by atoms with Gasteiger partial charge in [-0.3, -0.25) is 4.79 Å². The third-order valence-electron chi connectivity index (χ3n) is 3.68. The maximum absolute atomic E-state index is 12.5. The van der Waals surface area contributed by atoms with E-state index < -0.39 is 6.10 Å². The first-order valence-corrected chi connectivity index (χ1v) is 7.94. The maximum atomic E-state index is 12.5. The highest BCUT2D eigenvalue weighted by Crippen LogP contribution is 2.20. The number of ether oxygens (including phenoxy) is 1. The topological polar surface area (TPSA) is 76.4 Å². The molecule has 1 aromatic heterocycles. The van der Waals surface area contributed by atoms with Crippen molar-refractivity contribution in [2.75, 3.05) is 5.32 Å². The van der Waals surface area contributed by atoms with Crippen LogP contribution in [0.1, 0.15) is 12.5 Å². The summed E-state index contributed by atoms with van der Waals surface area (Å²) >= 11 is 0. The number of nitrogens with zero attached hydrogens (tertiary/aromatic N) is 2. The average molecular weight is 337 g/mol. The first-order valence-electron chi connectivity index (χ1n) is 7.94.